The maximum absolute atomic E-state index is 13.7. The molecule has 1 unspecified atom stereocenters. The highest BCUT2D eigenvalue weighted by Gasteiger charge is 2.46. The number of benzene rings is 3. The van der Waals surface area contributed by atoms with E-state index in [9.17, 15) is 14.7 Å². The molecule has 0 aliphatic carbocycles. The van der Waals surface area contributed by atoms with Crippen molar-refractivity contribution in [2.24, 2.45) is 5.92 Å². The van der Waals surface area contributed by atoms with E-state index in [1.807, 2.05) is 49.4 Å². The number of hydrogen-bond donors (Lipinski definition) is 1. The molecule has 5 rings (SSSR count). The van der Waals surface area contributed by atoms with E-state index in [0.29, 0.717) is 73.8 Å². The Morgan fingerprint density at radius 3 is 2.40 bits per heavy atom. The second-order valence-electron chi connectivity index (χ2n) is 11.8. The first-order chi connectivity index (χ1) is 21.8. The van der Waals surface area contributed by atoms with Gasteiger partial charge >= 0.3 is 0 Å². The number of rotatable bonds is 12. The molecule has 2 aliphatic heterocycles. The molecule has 1 N–H and O–H groups in total. The molecule has 45 heavy (non-hydrogen) atoms. The molecular weight excluding hydrogens is 572 g/mol. The van der Waals surface area contributed by atoms with Crippen molar-refractivity contribution >= 4 is 17.4 Å². The highest BCUT2D eigenvalue weighted by atomic mass is 16.5. The van der Waals surface area contributed by atoms with E-state index < -0.39 is 17.7 Å². The van der Waals surface area contributed by atoms with Crippen molar-refractivity contribution in [3.63, 3.8) is 0 Å². The lowest BCUT2D eigenvalue weighted by Gasteiger charge is -2.31. The maximum atomic E-state index is 13.7. The van der Waals surface area contributed by atoms with Crippen LogP contribution in [0.1, 0.15) is 42.1 Å². The number of aliphatic hydroxyl groups excluding tert-OH is 1. The number of nitrogens with zero attached hydrogens (tertiary/aromatic N) is 2. The fourth-order valence-corrected chi connectivity index (χ4v) is 5.64. The van der Waals surface area contributed by atoms with Gasteiger partial charge in [-0.2, -0.15) is 0 Å². The molecule has 238 valence electrons. The molecule has 0 bridgehead atoms. The number of amides is 1. The molecule has 2 heterocycles. The zero-order valence-corrected chi connectivity index (χ0v) is 26.5. The molecule has 0 saturated carbocycles. The first-order valence-corrected chi connectivity index (χ1v) is 15.4. The van der Waals surface area contributed by atoms with E-state index in [4.69, 9.17) is 18.9 Å². The largest absolute Gasteiger partial charge is 0.507 e. The Morgan fingerprint density at radius 1 is 0.956 bits per heavy atom. The summed E-state index contributed by atoms with van der Waals surface area (Å²) in [6, 6.07) is 19.7. The van der Waals surface area contributed by atoms with Gasteiger partial charge in [0.05, 0.1) is 38.5 Å². The Balaban J connectivity index is 1.51. The van der Waals surface area contributed by atoms with E-state index in [1.54, 1.807) is 36.3 Å². The second kappa shape index (κ2) is 14.6. The summed E-state index contributed by atoms with van der Waals surface area (Å²) in [5, 5.41) is 11.7. The van der Waals surface area contributed by atoms with E-state index in [2.05, 4.69) is 18.7 Å². The Labute approximate surface area is 265 Å². The molecule has 0 aromatic heterocycles. The summed E-state index contributed by atoms with van der Waals surface area (Å²) in [6.45, 7) is 10.5. The average Bonchev–Trinajstić information content (AvgIpc) is 3.31. The fourth-order valence-electron chi connectivity index (χ4n) is 5.64. The molecule has 2 saturated heterocycles. The van der Waals surface area contributed by atoms with Crippen LogP contribution in [-0.4, -0.2) is 79.7 Å². The molecule has 9 heteroatoms. The number of carbonyl (C=O) groups is 2. The van der Waals surface area contributed by atoms with Crippen LogP contribution in [0, 0.1) is 12.8 Å². The number of methoxy groups -OCH3 is 1. The first kappa shape index (κ1) is 32.1. The van der Waals surface area contributed by atoms with Crippen LogP contribution in [0.4, 0.5) is 0 Å². The Bertz CT molecular complexity index is 1530. The average molecular weight is 615 g/mol. The summed E-state index contributed by atoms with van der Waals surface area (Å²) in [7, 11) is 1.55. The zero-order valence-electron chi connectivity index (χ0n) is 26.5. The summed E-state index contributed by atoms with van der Waals surface area (Å²) in [5.41, 5.74) is 2.89. The SMILES string of the molecule is COc1cc(C2C(=C(O)c3ccc(OCC(C)C)cc3C)C(=O)C(=O)N2CCN2CCOCC2)ccc1OCc1ccccc1. The Morgan fingerprint density at radius 2 is 1.71 bits per heavy atom. The lowest BCUT2D eigenvalue weighted by atomic mass is 9.93. The van der Waals surface area contributed by atoms with Crippen molar-refractivity contribution < 1.29 is 33.6 Å². The highest BCUT2D eigenvalue weighted by Crippen LogP contribution is 2.42. The number of morpholine rings is 1. The standard InChI is InChI=1S/C36H42N2O7/c1-24(2)22-44-28-11-12-29(25(3)20-28)34(39)32-33(38(36(41)35(32)40)15-14-37-16-18-43-19-17-37)27-10-13-30(31(21-27)42-4)45-23-26-8-6-5-7-9-26/h5-13,20-21,24,33,39H,14-19,22-23H2,1-4H3. The molecule has 0 radical (unpaired) electrons. The van der Waals surface area contributed by atoms with Crippen LogP contribution in [-0.2, 0) is 20.9 Å². The lowest BCUT2D eigenvalue weighted by molar-refractivity contribution is -0.140. The summed E-state index contributed by atoms with van der Waals surface area (Å²) in [5.74, 6) is 0.446. The number of likely N-dealkylation sites (tertiary alicyclic amines) is 1. The molecule has 0 spiro atoms. The molecule has 2 aliphatic rings. The van der Waals surface area contributed by atoms with Crippen molar-refractivity contribution in [3.05, 3.63) is 94.6 Å². The number of Topliss-reactive ketones (excluding diaryl/α,β-unsaturated/α-hetero) is 1. The predicted octanol–water partition coefficient (Wildman–Crippen LogP) is 5.37. The van der Waals surface area contributed by atoms with Crippen molar-refractivity contribution in [2.75, 3.05) is 53.1 Å². The van der Waals surface area contributed by atoms with Crippen LogP contribution < -0.4 is 14.2 Å². The van der Waals surface area contributed by atoms with Crippen LogP contribution in [0.25, 0.3) is 5.76 Å². The van der Waals surface area contributed by atoms with Gasteiger partial charge in [-0.1, -0.05) is 50.2 Å². The number of carbonyl (C=O) groups excluding carboxylic acids is 2. The van der Waals surface area contributed by atoms with E-state index in [1.165, 1.54) is 0 Å². The van der Waals surface area contributed by atoms with Gasteiger partial charge in [0.15, 0.2) is 11.5 Å². The highest BCUT2D eigenvalue weighted by molar-refractivity contribution is 6.46. The summed E-state index contributed by atoms with van der Waals surface area (Å²) < 4.78 is 23.1. The van der Waals surface area contributed by atoms with Gasteiger partial charge in [0, 0.05) is 31.7 Å². The number of hydrogen-bond acceptors (Lipinski definition) is 8. The number of aryl methyl sites for hydroxylation is 1. The van der Waals surface area contributed by atoms with Crippen LogP contribution >= 0.6 is 0 Å². The smallest absolute Gasteiger partial charge is 0.295 e. The quantitative estimate of drug-likeness (QED) is 0.165. The van der Waals surface area contributed by atoms with E-state index in [-0.39, 0.29) is 11.3 Å². The van der Waals surface area contributed by atoms with Crippen molar-refractivity contribution in [1.29, 1.82) is 0 Å². The minimum absolute atomic E-state index is 0.0425. The maximum Gasteiger partial charge on any atom is 0.295 e. The molecule has 2 fully saturated rings. The van der Waals surface area contributed by atoms with Crippen LogP contribution in [0.5, 0.6) is 17.2 Å². The van der Waals surface area contributed by atoms with Crippen LogP contribution in [0.15, 0.2) is 72.3 Å². The number of ketones is 1. The second-order valence-corrected chi connectivity index (χ2v) is 11.8. The van der Waals surface area contributed by atoms with Gasteiger partial charge < -0.3 is 29.0 Å². The predicted molar refractivity (Wildman–Crippen MR) is 172 cm³/mol. The summed E-state index contributed by atoms with van der Waals surface area (Å²) in [6.07, 6.45) is 0. The number of aliphatic hydroxyl groups is 1. The van der Waals surface area contributed by atoms with Gasteiger partial charge in [-0.15, -0.1) is 0 Å². The molecule has 9 nitrogen and oxygen atoms in total. The normalized spacial score (nSPS) is 18.4. The minimum Gasteiger partial charge on any atom is -0.507 e. The van der Waals surface area contributed by atoms with Gasteiger partial charge in [-0.05, 0) is 59.9 Å². The Hall–Kier alpha value is -4.34. The summed E-state index contributed by atoms with van der Waals surface area (Å²) >= 11 is 0. The third-order valence-corrected chi connectivity index (χ3v) is 8.08. The molecule has 1 atom stereocenters. The molecule has 3 aromatic carbocycles. The first-order valence-electron chi connectivity index (χ1n) is 15.4. The van der Waals surface area contributed by atoms with Crippen molar-refractivity contribution in [2.45, 2.75) is 33.4 Å². The summed E-state index contributed by atoms with van der Waals surface area (Å²) in [4.78, 5) is 31.0. The van der Waals surface area contributed by atoms with E-state index >= 15 is 0 Å². The van der Waals surface area contributed by atoms with Gasteiger partial charge in [0.25, 0.3) is 11.7 Å². The lowest BCUT2D eigenvalue weighted by Crippen LogP contribution is -2.42. The molecule has 3 aromatic rings. The van der Waals surface area contributed by atoms with Gasteiger partial charge in [0.2, 0.25) is 0 Å². The molecular formula is C36H42N2O7. The zero-order chi connectivity index (χ0) is 31.9. The number of ether oxygens (including phenoxy) is 4. The molecule has 1 amide bonds. The van der Waals surface area contributed by atoms with Crippen molar-refractivity contribution in [1.82, 2.24) is 9.80 Å². The monoisotopic (exact) mass is 614 g/mol. The fraction of sp³-hybridized carbons (Fsp3) is 0.389. The Kier molecular flexibility index (Phi) is 10.4. The van der Waals surface area contributed by atoms with Gasteiger partial charge in [0.1, 0.15) is 18.1 Å². The van der Waals surface area contributed by atoms with Gasteiger partial charge in [-0.25, -0.2) is 0 Å². The topological polar surface area (TPSA) is 97.8 Å². The van der Waals surface area contributed by atoms with Crippen LogP contribution in [0.2, 0.25) is 0 Å². The third-order valence-electron chi connectivity index (χ3n) is 8.08. The van der Waals surface area contributed by atoms with Gasteiger partial charge in [-0.3, -0.25) is 14.5 Å². The van der Waals surface area contributed by atoms with E-state index in [0.717, 1.165) is 24.2 Å². The van der Waals surface area contributed by atoms with Crippen molar-refractivity contribution in [3.8, 4) is 17.2 Å². The minimum atomic E-state index is -0.820. The third kappa shape index (κ3) is 7.49. The van der Waals surface area contributed by atoms with Crippen LogP contribution in [0.3, 0.4) is 0 Å².